The van der Waals surface area contributed by atoms with Crippen LogP contribution in [0.15, 0.2) is 40.9 Å². The summed E-state index contributed by atoms with van der Waals surface area (Å²) in [6.45, 7) is 3.94. The Morgan fingerprint density at radius 3 is 2.42 bits per heavy atom. The minimum atomic E-state index is -0.389. The molecular formula is C18H18BrNO4. The van der Waals surface area contributed by atoms with E-state index in [-0.39, 0.29) is 11.9 Å². The fourth-order valence-corrected chi connectivity index (χ4v) is 2.84. The summed E-state index contributed by atoms with van der Waals surface area (Å²) in [4.78, 5) is 24.1. The lowest BCUT2D eigenvalue weighted by atomic mass is 10.1. The maximum Gasteiger partial charge on any atom is 0.338 e. The van der Waals surface area contributed by atoms with Gasteiger partial charge in [0.15, 0.2) is 0 Å². The van der Waals surface area contributed by atoms with Gasteiger partial charge in [0.05, 0.1) is 24.8 Å². The van der Waals surface area contributed by atoms with Crippen LogP contribution in [0.5, 0.6) is 5.75 Å². The molecule has 0 aliphatic carbocycles. The molecule has 0 unspecified atom stereocenters. The number of halogens is 1. The first-order chi connectivity index (χ1) is 11.5. The Morgan fingerprint density at radius 2 is 1.83 bits per heavy atom. The van der Waals surface area contributed by atoms with Gasteiger partial charge in [-0.15, -0.1) is 0 Å². The molecule has 0 aliphatic heterocycles. The normalized spacial score (nSPS) is 10.2. The number of anilines is 1. The summed E-state index contributed by atoms with van der Waals surface area (Å²) in [5.74, 6) is -0.154. The van der Waals surface area contributed by atoms with Crippen LogP contribution >= 0.6 is 15.9 Å². The molecule has 2 rings (SSSR count). The number of methoxy groups -OCH3 is 1. The maximum absolute atomic E-state index is 12.5. The minimum absolute atomic E-state index is 0.292. The smallest absolute Gasteiger partial charge is 0.338 e. The lowest BCUT2D eigenvalue weighted by Crippen LogP contribution is -2.14. The van der Waals surface area contributed by atoms with E-state index in [9.17, 15) is 9.59 Å². The lowest BCUT2D eigenvalue weighted by Gasteiger charge is -2.12. The average Bonchev–Trinajstić information content (AvgIpc) is 2.55. The van der Waals surface area contributed by atoms with Gasteiger partial charge in [0.25, 0.3) is 5.91 Å². The molecule has 2 aromatic rings. The maximum atomic E-state index is 12.5. The third-order valence-corrected chi connectivity index (χ3v) is 3.80. The quantitative estimate of drug-likeness (QED) is 0.775. The SMILES string of the molecule is CCOC(=O)c1ccc(NC(=O)c2cc(Br)cc(C)c2OC)cc1. The summed E-state index contributed by atoms with van der Waals surface area (Å²) in [7, 11) is 1.53. The van der Waals surface area contributed by atoms with Crippen molar-refractivity contribution < 1.29 is 19.1 Å². The summed E-state index contributed by atoms with van der Waals surface area (Å²) in [6.07, 6.45) is 0. The van der Waals surface area contributed by atoms with Crippen molar-refractivity contribution in [2.24, 2.45) is 0 Å². The van der Waals surface area contributed by atoms with Crippen LogP contribution in [0, 0.1) is 6.92 Å². The van der Waals surface area contributed by atoms with Crippen molar-refractivity contribution in [3.05, 3.63) is 57.6 Å². The van der Waals surface area contributed by atoms with Gasteiger partial charge >= 0.3 is 5.97 Å². The highest BCUT2D eigenvalue weighted by molar-refractivity contribution is 9.10. The second-order valence-corrected chi connectivity index (χ2v) is 5.97. The largest absolute Gasteiger partial charge is 0.496 e. The van der Waals surface area contributed by atoms with E-state index in [4.69, 9.17) is 9.47 Å². The molecule has 0 saturated carbocycles. The number of hydrogen-bond donors (Lipinski definition) is 1. The molecule has 126 valence electrons. The van der Waals surface area contributed by atoms with Crippen molar-refractivity contribution in [3.8, 4) is 5.75 Å². The molecule has 0 saturated heterocycles. The molecule has 24 heavy (non-hydrogen) atoms. The number of hydrogen-bond acceptors (Lipinski definition) is 4. The first-order valence-electron chi connectivity index (χ1n) is 7.39. The molecule has 0 fully saturated rings. The van der Waals surface area contributed by atoms with Crippen LogP contribution in [0.4, 0.5) is 5.69 Å². The molecule has 0 spiro atoms. The van der Waals surface area contributed by atoms with Gasteiger partial charge in [-0.25, -0.2) is 4.79 Å². The van der Waals surface area contributed by atoms with Crippen LogP contribution in [0.3, 0.4) is 0 Å². The molecule has 0 bridgehead atoms. The Bertz CT molecular complexity index is 756. The molecule has 1 amide bonds. The van der Waals surface area contributed by atoms with E-state index in [1.807, 2.05) is 13.0 Å². The Balaban J connectivity index is 2.20. The first kappa shape index (κ1) is 18.0. The van der Waals surface area contributed by atoms with Gasteiger partial charge in [-0.1, -0.05) is 15.9 Å². The van der Waals surface area contributed by atoms with Crippen LogP contribution in [-0.2, 0) is 4.74 Å². The predicted octanol–water partition coefficient (Wildman–Crippen LogP) is 4.20. The molecule has 5 nitrogen and oxygen atoms in total. The Morgan fingerprint density at radius 1 is 1.17 bits per heavy atom. The summed E-state index contributed by atoms with van der Waals surface area (Å²) >= 11 is 3.38. The predicted molar refractivity (Wildman–Crippen MR) is 95.8 cm³/mol. The van der Waals surface area contributed by atoms with Gasteiger partial charge < -0.3 is 14.8 Å². The molecule has 1 N–H and O–H groups in total. The number of amides is 1. The number of benzene rings is 2. The van der Waals surface area contributed by atoms with Gasteiger partial charge in [-0.3, -0.25) is 4.79 Å². The zero-order valence-corrected chi connectivity index (χ0v) is 15.3. The first-order valence-corrected chi connectivity index (χ1v) is 8.18. The van der Waals surface area contributed by atoms with Crippen LogP contribution in [0.1, 0.15) is 33.2 Å². The molecule has 6 heteroatoms. The highest BCUT2D eigenvalue weighted by atomic mass is 79.9. The van der Waals surface area contributed by atoms with Crippen molar-refractivity contribution in [1.82, 2.24) is 0 Å². The number of carbonyl (C=O) groups excluding carboxylic acids is 2. The van der Waals surface area contributed by atoms with Gasteiger partial charge in [0.1, 0.15) is 5.75 Å². The highest BCUT2D eigenvalue weighted by Gasteiger charge is 2.16. The number of rotatable bonds is 5. The van der Waals surface area contributed by atoms with E-state index >= 15 is 0 Å². The number of aryl methyl sites for hydroxylation is 1. The van der Waals surface area contributed by atoms with Crippen LogP contribution in [-0.4, -0.2) is 25.6 Å². The molecule has 0 heterocycles. The van der Waals surface area contributed by atoms with Crippen molar-refractivity contribution in [2.45, 2.75) is 13.8 Å². The van der Waals surface area contributed by atoms with E-state index in [0.717, 1.165) is 10.0 Å². The topological polar surface area (TPSA) is 64.6 Å². The number of carbonyl (C=O) groups is 2. The summed E-state index contributed by atoms with van der Waals surface area (Å²) in [6, 6.07) is 10.1. The van der Waals surface area contributed by atoms with E-state index in [0.29, 0.717) is 29.2 Å². The molecule has 2 aromatic carbocycles. The summed E-state index contributed by atoms with van der Waals surface area (Å²) in [5, 5.41) is 2.79. The van der Waals surface area contributed by atoms with Crippen LogP contribution in [0.25, 0.3) is 0 Å². The van der Waals surface area contributed by atoms with E-state index < -0.39 is 0 Å². The molecule has 0 aromatic heterocycles. The van der Waals surface area contributed by atoms with Gasteiger partial charge in [0, 0.05) is 10.2 Å². The van der Waals surface area contributed by atoms with E-state index in [1.54, 1.807) is 37.3 Å². The number of ether oxygens (including phenoxy) is 2. The summed E-state index contributed by atoms with van der Waals surface area (Å²) in [5.41, 5.74) is 2.30. The Kier molecular flexibility index (Phi) is 5.98. The fourth-order valence-electron chi connectivity index (χ4n) is 2.27. The highest BCUT2D eigenvalue weighted by Crippen LogP contribution is 2.28. The third kappa shape index (κ3) is 4.14. The molecule has 0 radical (unpaired) electrons. The Hall–Kier alpha value is -2.34. The molecule has 0 aliphatic rings. The Labute approximate surface area is 149 Å². The van der Waals surface area contributed by atoms with Crippen molar-refractivity contribution in [2.75, 3.05) is 19.0 Å². The second kappa shape index (κ2) is 7.97. The van der Waals surface area contributed by atoms with Crippen molar-refractivity contribution in [3.63, 3.8) is 0 Å². The van der Waals surface area contributed by atoms with Gasteiger partial charge in [-0.05, 0) is 55.8 Å². The van der Waals surface area contributed by atoms with Crippen LogP contribution < -0.4 is 10.1 Å². The number of nitrogens with one attached hydrogen (secondary N) is 1. The van der Waals surface area contributed by atoms with Gasteiger partial charge in [0.2, 0.25) is 0 Å². The van der Waals surface area contributed by atoms with Crippen molar-refractivity contribution in [1.29, 1.82) is 0 Å². The lowest BCUT2D eigenvalue weighted by molar-refractivity contribution is 0.0526. The zero-order chi connectivity index (χ0) is 17.7. The molecular weight excluding hydrogens is 374 g/mol. The van der Waals surface area contributed by atoms with E-state index in [2.05, 4.69) is 21.2 Å². The summed E-state index contributed by atoms with van der Waals surface area (Å²) < 4.78 is 11.0. The average molecular weight is 392 g/mol. The van der Waals surface area contributed by atoms with E-state index in [1.165, 1.54) is 7.11 Å². The minimum Gasteiger partial charge on any atom is -0.496 e. The third-order valence-electron chi connectivity index (χ3n) is 3.34. The number of esters is 1. The van der Waals surface area contributed by atoms with Crippen molar-refractivity contribution >= 4 is 33.5 Å². The standard InChI is InChI=1S/C18H18BrNO4/c1-4-24-18(22)12-5-7-14(8-6-12)20-17(21)15-10-13(19)9-11(2)16(15)23-3/h5-10H,4H2,1-3H3,(H,20,21). The second-order valence-electron chi connectivity index (χ2n) is 5.06. The van der Waals surface area contributed by atoms with Gasteiger partial charge in [-0.2, -0.15) is 0 Å². The fraction of sp³-hybridized carbons (Fsp3) is 0.222. The zero-order valence-electron chi connectivity index (χ0n) is 13.7. The van der Waals surface area contributed by atoms with Crippen LogP contribution in [0.2, 0.25) is 0 Å². The monoisotopic (exact) mass is 391 g/mol. The molecule has 0 atom stereocenters.